The summed E-state index contributed by atoms with van der Waals surface area (Å²) in [6, 6.07) is 6.20. The zero-order chi connectivity index (χ0) is 12.3. The Kier molecular flexibility index (Phi) is 5.56. The maximum absolute atomic E-state index is 13.0. The molecular formula is C13H18ClFN2O. The summed E-state index contributed by atoms with van der Waals surface area (Å²) in [5.41, 5.74) is 0.717. The Morgan fingerprint density at radius 2 is 2.28 bits per heavy atom. The van der Waals surface area contributed by atoms with Gasteiger partial charge in [-0.25, -0.2) is 4.39 Å². The first kappa shape index (κ1) is 14.9. The molecule has 1 amide bonds. The highest BCUT2D eigenvalue weighted by Crippen LogP contribution is 2.16. The molecule has 2 N–H and O–H groups in total. The first-order chi connectivity index (χ1) is 8.16. The molecule has 1 aliphatic rings. The van der Waals surface area contributed by atoms with E-state index in [0.717, 1.165) is 13.1 Å². The van der Waals surface area contributed by atoms with Crippen LogP contribution in [0.1, 0.15) is 18.4 Å². The summed E-state index contributed by atoms with van der Waals surface area (Å²) < 4.78 is 13.0. The maximum atomic E-state index is 13.0. The molecule has 0 saturated carbocycles. The Labute approximate surface area is 113 Å². The number of carbonyl (C=O) groups excluding carboxylic acids is 1. The van der Waals surface area contributed by atoms with Crippen molar-refractivity contribution in [1.29, 1.82) is 0 Å². The summed E-state index contributed by atoms with van der Waals surface area (Å²) in [6.45, 7) is 4.43. The summed E-state index contributed by atoms with van der Waals surface area (Å²) in [7, 11) is 0. The molecule has 18 heavy (non-hydrogen) atoms. The number of halogens is 2. The maximum Gasteiger partial charge on any atom is 0.227 e. The van der Waals surface area contributed by atoms with Crippen molar-refractivity contribution in [3.05, 3.63) is 35.6 Å². The lowest BCUT2D eigenvalue weighted by Gasteiger charge is -2.27. The van der Waals surface area contributed by atoms with Gasteiger partial charge in [-0.2, -0.15) is 0 Å². The van der Waals surface area contributed by atoms with Crippen LogP contribution in [0.3, 0.4) is 0 Å². The van der Waals surface area contributed by atoms with Crippen molar-refractivity contribution in [3.8, 4) is 0 Å². The van der Waals surface area contributed by atoms with E-state index in [9.17, 15) is 9.18 Å². The third kappa shape index (κ3) is 3.68. The third-order valence-electron chi connectivity index (χ3n) is 3.17. The summed E-state index contributed by atoms with van der Waals surface area (Å²) in [6.07, 6.45) is 0. The molecule has 1 aromatic rings. The zero-order valence-electron chi connectivity index (χ0n) is 10.3. The average Bonchev–Trinajstić information content (AvgIpc) is 2.25. The second-order valence-corrected chi connectivity index (χ2v) is 4.55. The monoisotopic (exact) mass is 272 g/mol. The molecule has 1 unspecified atom stereocenters. The molecule has 3 nitrogen and oxygen atoms in total. The van der Waals surface area contributed by atoms with Crippen molar-refractivity contribution in [3.63, 3.8) is 0 Å². The first-order valence-corrected chi connectivity index (χ1v) is 5.90. The molecular weight excluding hydrogens is 255 g/mol. The Morgan fingerprint density at radius 1 is 1.56 bits per heavy atom. The van der Waals surface area contributed by atoms with Gasteiger partial charge in [-0.3, -0.25) is 4.79 Å². The molecule has 1 fully saturated rings. The van der Waals surface area contributed by atoms with E-state index in [1.807, 2.05) is 0 Å². The molecule has 0 radical (unpaired) electrons. The standard InChI is InChI=1S/C13H17FN2O.ClH/c1-9(11-3-2-4-12(14)5-11)13(17)16-8-10-6-15-7-10;/h2-5,9-10,15H,6-8H2,1H3,(H,16,17);1H. The summed E-state index contributed by atoms with van der Waals surface area (Å²) in [5, 5.41) is 6.05. The lowest BCUT2D eigenvalue weighted by atomic mass is 9.99. The van der Waals surface area contributed by atoms with Gasteiger partial charge in [0.15, 0.2) is 0 Å². The Hall–Kier alpha value is -1.13. The van der Waals surface area contributed by atoms with E-state index in [2.05, 4.69) is 10.6 Å². The molecule has 0 aliphatic carbocycles. The number of hydrogen-bond acceptors (Lipinski definition) is 2. The highest BCUT2D eigenvalue weighted by atomic mass is 35.5. The van der Waals surface area contributed by atoms with E-state index in [-0.39, 0.29) is 30.0 Å². The number of amides is 1. The van der Waals surface area contributed by atoms with Gasteiger partial charge in [0, 0.05) is 25.6 Å². The molecule has 0 spiro atoms. The van der Waals surface area contributed by atoms with Gasteiger partial charge in [0.1, 0.15) is 5.82 Å². The van der Waals surface area contributed by atoms with Crippen LogP contribution in [-0.4, -0.2) is 25.5 Å². The normalized spacial score (nSPS) is 16.3. The first-order valence-electron chi connectivity index (χ1n) is 5.90. The van der Waals surface area contributed by atoms with E-state index in [0.29, 0.717) is 18.0 Å². The molecule has 2 rings (SSSR count). The van der Waals surface area contributed by atoms with E-state index in [1.165, 1.54) is 12.1 Å². The van der Waals surface area contributed by atoms with Crippen molar-refractivity contribution in [2.24, 2.45) is 5.92 Å². The fourth-order valence-corrected chi connectivity index (χ4v) is 1.82. The Bertz CT molecular complexity index is 410. The molecule has 0 aromatic heterocycles. The number of hydrogen-bond donors (Lipinski definition) is 2. The average molecular weight is 273 g/mol. The van der Waals surface area contributed by atoms with Crippen molar-refractivity contribution >= 4 is 18.3 Å². The number of rotatable bonds is 4. The Balaban J connectivity index is 0.00000162. The number of carbonyl (C=O) groups is 1. The summed E-state index contributed by atoms with van der Waals surface area (Å²) in [4.78, 5) is 11.8. The lowest BCUT2D eigenvalue weighted by Crippen LogP contribution is -2.48. The second-order valence-electron chi connectivity index (χ2n) is 4.55. The predicted molar refractivity (Wildman–Crippen MR) is 71.4 cm³/mol. The molecule has 5 heteroatoms. The van der Waals surface area contributed by atoms with Crippen molar-refractivity contribution < 1.29 is 9.18 Å². The van der Waals surface area contributed by atoms with Gasteiger partial charge in [-0.1, -0.05) is 12.1 Å². The van der Waals surface area contributed by atoms with Crippen LogP contribution < -0.4 is 10.6 Å². The molecule has 1 saturated heterocycles. The predicted octanol–water partition coefficient (Wildman–Crippen LogP) is 1.69. The minimum atomic E-state index is -0.307. The van der Waals surface area contributed by atoms with E-state index < -0.39 is 0 Å². The lowest BCUT2D eigenvalue weighted by molar-refractivity contribution is -0.122. The zero-order valence-corrected chi connectivity index (χ0v) is 11.1. The fraction of sp³-hybridized carbons (Fsp3) is 0.462. The highest BCUT2D eigenvalue weighted by molar-refractivity contribution is 5.85. The van der Waals surface area contributed by atoms with Crippen LogP contribution in [0.4, 0.5) is 4.39 Å². The van der Waals surface area contributed by atoms with Crippen LogP contribution in [-0.2, 0) is 4.79 Å². The van der Waals surface area contributed by atoms with Gasteiger partial charge in [0.05, 0.1) is 5.92 Å². The van der Waals surface area contributed by atoms with Crippen LogP contribution in [0.2, 0.25) is 0 Å². The van der Waals surface area contributed by atoms with Gasteiger partial charge in [-0.15, -0.1) is 12.4 Å². The van der Waals surface area contributed by atoms with E-state index >= 15 is 0 Å². The quantitative estimate of drug-likeness (QED) is 0.876. The van der Waals surface area contributed by atoms with Crippen LogP contribution in [0.15, 0.2) is 24.3 Å². The van der Waals surface area contributed by atoms with Gasteiger partial charge < -0.3 is 10.6 Å². The fourth-order valence-electron chi connectivity index (χ4n) is 1.82. The largest absolute Gasteiger partial charge is 0.355 e. The van der Waals surface area contributed by atoms with Gasteiger partial charge >= 0.3 is 0 Å². The third-order valence-corrected chi connectivity index (χ3v) is 3.17. The van der Waals surface area contributed by atoms with E-state index in [4.69, 9.17) is 0 Å². The molecule has 1 heterocycles. The van der Waals surface area contributed by atoms with Crippen LogP contribution in [0.5, 0.6) is 0 Å². The second kappa shape index (κ2) is 6.71. The van der Waals surface area contributed by atoms with Crippen LogP contribution >= 0.6 is 12.4 Å². The molecule has 100 valence electrons. The molecule has 1 aromatic carbocycles. The van der Waals surface area contributed by atoms with Crippen molar-refractivity contribution in [1.82, 2.24) is 10.6 Å². The highest BCUT2D eigenvalue weighted by Gasteiger charge is 2.20. The van der Waals surface area contributed by atoms with Crippen LogP contribution in [0, 0.1) is 11.7 Å². The minimum Gasteiger partial charge on any atom is -0.355 e. The van der Waals surface area contributed by atoms with Crippen molar-refractivity contribution in [2.45, 2.75) is 12.8 Å². The summed E-state index contributed by atoms with van der Waals surface area (Å²) >= 11 is 0. The topological polar surface area (TPSA) is 41.1 Å². The molecule has 1 aliphatic heterocycles. The number of benzene rings is 1. The number of nitrogens with one attached hydrogen (secondary N) is 2. The summed E-state index contributed by atoms with van der Waals surface area (Å²) in [5.74, 6) is -0.106. The smallest absolute Gasteiger partial charge is 0.227 e. The molecule has 0 bridgehead atoms. The minimum absolute atomic E-state index is 0. The van der Waals surface area contributed by atoms with Gasteiger partial charge in [-0.05, 0) is 24.6 Å². The van der Waals surface area contributed by atoms with Crippen molar-refractivity contribution in [2.75, 3.05) is 19.6 Å². The van der Waals surface area contributed by atoms with Crippen LogP contribution in [0.25, 0.3) is 0 Å². The van der Waals surface area contributed by atoms with E-state index in [1.54, 1.807) is 19.1 Å². The molecule has 1 atom stereocenters. The SMILES string of the molecule is CC(C(=O)NCC1CNC1)c1cccc(F)c1.Cl. The Morgan fingerprint density at radius 3 is 2.83 bits per heavy atom. The van der Waals surface area contributed by atoms with Gasteiger partial charge in [0.2, 0.25) is 5.91 Å². The van der Waals surface area contributed by atoms with Gasteiger partial charge in [0.25, 0.3) is 0 Å².